The van der Waals surface area contributed by atoms with Gasteiger partial charge in [0.1, 0.15) is 12.4 Å². The predicted molar refractivity (Wildman–Crippen MR) is 85.0 cm³/mol. The monoisotopic (exact) mass is 299 g/mol. The molecule has 0 spiro atoms. The largest absolute Gasteiger partial charge is 0.488 e. The molecule has 0 saturated carbocycles. The van der Waals surface area contributed by atoms with Gasteiger partial charge in [0, 0.05) is 23.5 Å². The minimum atomic E-state index is -0.0835. The Bertz CT molecular complexity index is 838. The van der Waals surface area contributed by atoms with E-state index in [1.54, 1.807) is 11.6 Å². The first kappa shape index (κ1) is 13.7. The summed E-state index contributed by atoms with van der Waals surface area (Å²) in [6.07, 6.45) is 0. The molecule has 106 valence electrons. The normalized spacial score (nSPS) is 10.8. The van der Waals surface area contributed by atoms with Crippen LogP contribution >= 0.6 is 11.6 Å². The maximum Gasteiger partial charge on any atom is 0.254 e. The minimum Gasteiger partial charge on any atom is -0.488 e. The van der Waals surface area contributed by atoms with Gasteiger partial charge in [0.05, 0.1) is 5.52 Å². The SMILES string of the molecule is Cn1c(=O)cc(OCc2ccc(Cl)cc2)c2ccccc21. The molecule has 0 aliphatic heterocycles. The van der Waals surface area contributed by atoms with Crippen molar-refractivity contribution < 1.29 is 4.74 Å². The molecule has 3 nitrogen and oxygen atoms in total. The molecule has 0 saturated heterocycles. The van der Waals surface area contributed by atoms with E-state index < -0.39 is 0 Å². The number of fused-ring (bicyclic) bond motifs is 1. The van der Waals surface area contributed by atoms with Crippen molar-refractivity contribution in [1.82, 2.24) is 4.57 Å². The predicted octanol–water partition coefficient (Wildman–Crippen LogP) is 3.77. The second kappa shape index (κ2) is 5.62. The van der Waals surface area contributed by atoms with E-state index in [0.29, 0.717) is 17.4 Å². The highest BCUT2D eigenvalue weighted by molar-refractivity contribution is 6.30. The van der Waals surface area contributed by atoms with E-state index in [1.165, 1.54) is 6.07 Å². The van der Waals surface area contributed by atoms with Gasteiger partial charge in [0.2, 0.25) is 0 Å². The van der Waals surface area contributed by atoms with Gasteiger partial charge in [-0.2, -0.15) is 0 Å². The second-order valence-corrected chi connectivity index (χ2v) is 5.27. The number of pyridine rings is 1. The van der Waals surface area contributed by atoms with Crippen LogP contribution in [0.15, 0.2) is 59.4 Å². The van der Waals surface area contributed by atoms with E-state index in [4.69, 9.17) is 16.3 Å². The third-order valence-corrected chi connectivity index (χ3v) is 3.68. The number of aromatic nitrogens is 1. The number of para-hydroxylation sites is 1. The van der Waals surface area contributed by atoms with Gasteiger partial charge < -0.3 is 9.30 Å². The summed E-state index contributed by atoms with van der Waals surface area (Å²) in [5, 5.41) is 1.62. The van der Waals surface area contributed by atoms with Crippen LogP contribution in [0.5, 0.6) is 5.75 Å². The highest BCUT2D eigenvalue weighted by Gasteiger charge is 2.07. The van der Waals surface area contributed by atoms with E-state index in [0.717, 1.165) is 16.5 Å². The third-order valence-electron chi connectivity index (χ3n) is 3.42. The van der Waals surface area contributed by atoms with Gasteiger partial charge in [-0.15, -0.1) is 0 Å². The molecule has 1 heterocycles. The number of hydrogen-bond donors (Lipinski definition) is 0. The maximum absolute atomic E-state index is 12.0. The summed E-state index contributed by atoms with van der Waals surface area (Å²) in [6, 6.07) is 16.7. The van der Waals surface area contributed by atoms with Crippen LogP contribution in [0.25, 0.3) is 10.9 Å². The summed E-state index contributed by atoms with van der Waals surface area (Å²) < 4.78 is 7.44. The van der Waals surface area contributed by atoms with Crippen LogP contribution < -0.4 is 10.3 Å². The average Bonchev–Trinajstić information content (AvgIpc) is 2.51. The fraction of sp³-hybridized carbons (Fsp3) is 0.118. The Balaban J connectivity index is 1.95. The zero-order chi connectivity index (χ0) is 14.8. The van der Waals surface area contributed by atoms with E-state index in [2.05, 4.69) is 0 Å². The lowest BCUT2D eigenvalue weighted by Crippen LogP contribution is -2.16. The number of benzene rings is 2. The van der Waals surface area contributed by atoms with Crippen LogP contribution in [0.2, 0.25) is 5.02 Å². The van der Waals surface area contributed by atoms with Crippen molar-refractivity contribution in [3.8, 4) is 5.75 Å². The standard InChI is InChI=1S/C17H14ClNO2/c1-19-15-5-3-2-4-14(15)16(10-17(19)20)21-11-12-6-8-13(18)9-7-12/h2-10H,11H2,1H3. The van der Waals surface area contributed by atoms with E-state index >= 15 is 0 Å². The summed E-state index contributed by atoms with van der Waals surface area (Å²) in [7, 11) is 1.76. The van der Waals surface area contributed by atoms with Crippen LogP contribution in [0.1, 0.15) is 5.56 Å². The van der Waals surface area contributed by atoms with Crippen molar-refractivity contribution in [1.29, 1.82) is 0 Å². The van der Waals surface area contributed by atoms with Crippen LogP contribution in [-0.2, 0) is 13.7 Å². The molecule has 0 unspecified atom stereocenters. The zero-order valence-electron chi connectivity index (χ0n) is 11.5. The average molecular weight is 300 g/mol. The lowest BCUT2D eigenvalue weighted by Gasteiger charge is -2.11. The first-order chi connectivity index (χ1) is 10.1. The van der Waals surface area contributed by atoms with Gasteiger partial charge in [0.25, 0.3) is 5.56 Å². The number of rotatable bonds is 3. The molecule has 0 amide bonds. The summed E-state index contributed by atoms with van der Waals surface area (Å²) in [5.74, 6) is 0.601. The number of hydrogen-bond acceptors (Lipinski definition) is 2. The molecule has 3 aromatic rings. The highest BCUT2D eigenvalue weighted by Crippen LogP contribution is 2.24. The van der Waals surface area contributed by atoms with Gasteiger partial charge in [-0.3, -0.25) is 4.79 Å². The molecule has 0 radical (unpaired) electrons. The Hall–Kier alpha value is -2.26. The fourth-order valence-electron chi connectivity index (χ4n) is 2.24. The zero-order valence-corrected chi connectivity index (χ0v) is 12.3. The topological polar surface area (TPSA) is 31.2 Å². The van der Waals surface area contributed by atoms with Gasteiger partial charge in [-0.25, -0.2) is 0 Å². The molecule has 0 N–H and O–H groups in total. The quantitative estimate of drug-likeness (QED) is 0.737. The highest BCUT2D eigenvalue weighted by atomic mass is 35.5. The Morgan fingerprint density at radius 3 is 2.57 bits per heavy atom. The Kier molecular flexibility index (Phi) is 3.67. The smallest absolute Gasteiger partial charge is 0.254 e. The molecule has 0 fully saturated rings. The second-order valence-electron chi connectivity index (χ2n) is 4.84. The van der Waals surface area contributed by atoms with Crippen molar-refractivity contribution in [3.05, 3.63) is 75.5 Å². The van der Waals surface area contributed by atoms with Crippen molar-refractivity contribution in [2.24, 2.45) is 7.05 Å². The summed E-state index contributed by atoms with van der Waals surface area (Å²) in [4.78, 5) is 12.0. The molecule has 4 heteroatoms. The van der Waals surface area contributed by atoms with Crippen LogP contribution in [0, 0.1) is 0 Å². The third kappa shape index (κ3) is 2.78. The minimum absolute atomic E-state index is 0.0835. The summed E-state index contributed by atoms with van der Waals surface area (Å²) in [6.45, 7) is 0.397. The molecule has 0 atom stereocenters. The Morgan fingerprint density at radius 2 is 1.81 bits per heavy atom. The maximum atomic E-state index is 12.0. The molecule has 0 aliphatic rings. The fourth-order valence-corrected chi connectivity index (χ4v) is 2.37. The van der Waals surface area contributed by atoms with Crippen LogP contribution in [0.3, 0.4) is 0 Å². The van der Waals surface area contributed by atoms with Gasteiger partial charge in [-0.1, -0.05) is 35.9 Å². The summed E-state index contributed by atoms with van der Waals surface area (Å²) >= 11 is 5.86. The number of nitrogens with zero attached hydrogens (tertiary/aromatic N) is 1. The number of aryl methyl sites for hydroxylation is 1. The first-order valence-corrected chi connectivity index (χ1v) is 6.99. The molecule has 0 aliphatic carbocycles. The molecule has 21 heavy (non-hydrogen) atoms. The van der Waals surface area contributed by atoms with E-state index in [9.17, 15) is 4.79 Å². The van der Waals surface area contributed by atoms with Crippen molar-refractivity contribution in [2.45, 2.75) is 6.61 Å². The van der Waals surface area contributed by atoms with Crippen molar-refractivity contribution in [2.75, 3.05) is 0 Å². The van der Waals surface area contributed by atoms with Gasteiger partial charge >= 0.3 is 0 Å². The molecular weight excluding hydrogens is 286 g/mol. The van der Waals surface area contributed by atoms with Gasteiger partial charge in [-0.05, 0) is 29.8 Å². The van der Waals surface area contributed by atoms with E-state index in [-0.39, 0.29) is 5.56 Å². The van der Waals surface area contributed by atoms with Crippen molar-refractivity contribution in [3.63, 3.8) is 0 Å². The number of halogens is 1. The van der Waals surface area contributed by atoms with Crippen LogP contribution in [0.4, 0.5) is 0 Å². The molecule has 1 aromatic heterocycles. The van der Waals surface area contributed by atoms with Crippen LogP contribution in [-0.4, -0.2) is 4.57 Å². The van der Waals surface area contributed by atoms with Crippen molar-refractivity contribution >= 4 is 22.5 Å². The summed E-state index contributed by atoms with van der Waals surface area (Å²) in [5.41, 5.74) is 1.78. The molecule has 3 rings (SSSR count). The Morgan fingerprint density at radius 1 is 1.10 bits per heavy atom. The molecule has 0 bridgehead atoms. The lowest BCUT2D eigenvalue weighted by molar-refractivity contribution is 0.309. The number of ether oxygens (including phenoxy) is 1. The Labute approximate surface area is 127 Å². The lowest BCUT2D eigenvalue weighted by atomic mass is 10.2. The van der Waals surface area contributed by atoms with E-state index in [1.807, 2.05) is 48.5 Å². The van der Waals surface area contributed by atoms with Gasteiger partial charge in [0.15, 0.2) is 0 Å². The molecule has 2 aromatic carbocycles. The molecular formula is C17H14ClNO2. The first-order valence-electron chi connectivity index (χ1n) is 6.61.